The summed E-state index contributed by atoms with van der Waals surface area (Å²) in [5, 5.41) is 10.6. The molecule has 3 N–H and O–H groups in total. The zero-order chi connectivity index (χ0) is 26.4. The van der Waals surface area contributed by atoms with Crippen molar-refractivity contribution in [3.8, 4) is 22.6 Å². The molecule has 0 unspecified atom stereocenters. The molecule has 1 amide bonds. The van der Waals surface area contributed by atoms with Gasteiger partial charge in [0.15, 0.2) is 0 Å². The van der Waals surface area contributed by atoms with Crippen molar-refractivity contribution in [2.75, 3.05) is 0 Å². The van der Waals surface area contributed by atoms with Gasteiger partial charge in [-0.15, -0.1) is 0 Å². The van der Waals surface area contributed by atoms with Crippen molar-refractivity contribution in [3.05, 3.63) is 81.7 Å². The van der Waals surface area contributed by atoms with Crippen molar-refractivity contribution < 1.29 is 19.0 Å². The van der Waals surface area contributed by atoms with Gasteiger partial charge in [0.05, 0.1) is 6.10 Å². The van der Waals surface area contributed by atoms with Crippen LogP contribution in [-0.2, 0) is 7.05 Å². The molecule has 0 spiro atoms. The standard InChI is InChI=1S/C29H30FN3O4/c1-16-10-18(12-22(11-16)37-21-9-4-17(2)25(30)13-21)24-15-32(3)29(36)27-23(24)14-26(28(31)35)33(27)19-5-7-20(34)8-6-19/h4,9-15,19-20,34H,5-8H2,1-3H3,(H2,31,35). The lowest BCUT2D eigenvalue weighted by Crippen LogP contribution is -2.28. The van der Waals surface area contributed by atoms with Crippen LogP contribution in [0.25, 0.3) is 22.0 Å². The number of carbonyl (C=O) groups is 1. The summed E-state index contributed by atoms with van der Waals surface area (Å²) in [6, 6.07) is 12.0. The molecule has 7 nitrogen and oxygen atoms in total. The molecule has 0 aliphatic heterocycles. The van der Waals surface area contributed by atoms with Crippen LogP contribution in [0.2, 0.25) is 0 Å². The number of nitrogens with zero attached hydrogens (tertiary/aromatic N) is 2. The van der Waals surface area contributed by atoms with Gasteiger partial charge in [-0.2, -0.15) is 0 Å². The highest BCUT2D eigenvalue weighted by Gasteiger charge is 2.28. The molecule has 8 heteroatoms. The molecule has 2 heterocycles. The van der Waals surface area contributed by atoms with Gasteiger partial charge in [0, 0.05) is 36.3 Å². The zero-order valence-corrected chi connectivity index (χ0v) is 21.1. The first-order chi connectivity index (χ1) is 17.6. The molecular weight excluding hydrogens is 473 g/mol. The number of aryl methyl sites for hydroxylation is 3. The Labute approximate surface area is 213 Å². The molecule has 0 atom stereocenters. The maximum absolute atomic E-state index is 14.1. The van der Waals surface area contributed by atoms with Crippen molar-refractivity contribution >= 4 is 16.8 Å². The smallest absolute Gasteiger partial charge is 0.274 e. The Morgan fingerprint density at radius 1 is 1.05 bits per heavy atom. The van der Waals surface area contributed by atoms with E-state index in [1.165, 1.54) is 10.6 Å². The van der Waals surface area contributed by atoms with Crippen LogP contribution in [0.5, 0.6) is 11.5 Å². The first-order valence-corrected chi connectivity index (χ1v) is 12.4. The van der Waals surface area contributed by atoms with Crippen LogP contribution < -0.4 is 16.0 Å². The van der Waals surface area contributed by atoms with E-state index in [9.17, 15) is 19.1 Å². The molecule has 1 aliphatic carbocycles. The molecular formula is C29H30FN3O4. The van der Waals surface area contributed by atoms with Crippen LogP contribution in [0, 0.1) is 19.7 Å². The van der Waals surface area contributed by atoms with E-state index in [1.54, 1.807) is 42.9 Å². The number of rotatable bonds is 5. The number of pyridine rings is 1. The number of benzene rings is 2. The van der Waals surface area contributed by atoms with Crippen molar-refractivity contribution in [3.63, 3.8) is 0 Å². The largest absolute Gasteiger partial charge is 0.457 e. The van der Waals surface area contributed by atoms with Gasteiger partial charge in [0.2, 0.25) is 0 Å². The number of primary amides is 1. The number of halogens is 1. The maximum atomic E-state index is 14.1. The van der Waals surface area contributed by atoms with Gasteiger partial charge in [-0.3, -0.25) is 9.59 Å². The number of carbonyl (C=O) groups excluding carboxylic acids is 1. The van der Waals surface area contributed by atoms with Crippen molar-refractivity contribution in [2.24, 2.45) is 12.8 Å². The van der Waals surface area contributed by atoms with Crippen LogP contribution in [-0.4, -0.2) is 26.3 Å². The molecule has 2 aromatic heterocycles. The summed E-state index contributed by atoms with van der Waals surface area (Å²) in [7, 11) is 1.68. The first kappa shape index (κ1) is 24.8. The van der Waals surface area contributed by atoms with Crippen molar-refractivity contribution in [1.82, 2.24) is 9.13 Å². The quantitative estimate of drug-likeness (QED) is 0.394. The molecule has 1 aliphatic rings. The number of fused-ring (bicyclic) bond motifs is 1. The van der Waals surface area contributed by atoms with E-state index in [0.29, 0.717) is 53.6 Å². The molecule has 5 rings (SSSR count). The van der Waals surface area contributed by atoms with Gasteiger partial charge in [0.25, 0.3) is 11.5 Å². The highest BCUT2D eigenvalue weighted by molar-refractivity contribution is 6.03. The van der Waals surface area contributed by atoms with E-state index in [2.05, 4.69) is 0 Å². The minimum atomic E-state index is -0.606. The fraction of sp³-hybridized carbons (Fsp3) is 0.310. The Balaban J connectivity index is 1.67. The third kappa shape index (κ3) is 4.64. The van der Waals surface area contributed by atoms with Crippen LogP contribution >= 0.6 is 0 Å². The Morgan fingerprint density at radius 2 is 1.78 bits per heavy atom. The van der Waals surface area contributed by atoms with Gasteiger partial charge >= 0.3 is 0 Å². The average Bonchev–Trinajstić information content (AvgIpc) is 3.25. The number of nitrogens with two attached hydrogens (primary N) is 1. The summed E-state index contributed by atoms with van der Waals surface area (Å²) >= 11 is 0. The van der Waals surface area contributed by atoms with E-state index in [1.807, 2.05) is 25.1 Å². The normalized spacial score (nSPS) is 17.8. The van der Waals surface area contributed by atoms with Gasteiger partial charge in [0.1, 0.15) is 28.5 Å². The van der Waals surface area contributed by atoms with E-state index in [0.717, 1.165) is 16.7 Å². The molecule has 1 fully saturated rings. The topological polar surface area (TPSA) is 99.5 Å². The minimum absolute atomic E-state index is 0.112. The highest BCUT2D eigenvalue weighted by atomic mass is 19.1. The number of amides is 1. The lowest BCUT2D eigenvalue weighted by molar-refractivity contribution is 0.0971. The second-order valence-electron chi connectivity index (χ2n) is 10.00. The third-order valence-corrected chi connectivity index (χ3v) is 7.20. The predicted octanol–water partition coefficient (Wildman–Crippen LogP) is 5.13. The second-order valence-corrected chi connectivity index (χ2v) is 10.00. The number of hydrogen-bond donors (Lipinski definition) is 2. The molecule has 1 saturated carbocycles. The summed E-state index contributed by atoms with van der Waals surface area (Å²) < 4.78 is 23.3. The Hall–Kier alpha value is -3.91. The van der Waals surface area contributed by atoms with E-state index >= 15 is 0 Å². The molecule has 37 heavy (non-hydrogen) atoms. The molecule has 0 saturated heterocycles. The Morgan fingerprint density at radius 3 is 2.46 bits per heavy atom. The molecule has 2 aromatic carbocycles. The lowest BCUT2D eigenvalue weighted by atomic mass is 9.92. The minimum Gasteiger partial charge on any atom is -0.457 e. The third-order valence-electron chi connectivity index (χ3n) is 7.20. The van der Waals surface area contributed by atoms with Crippen molar-refractivity contribution in [2.45, 2.75) is 51.7 Å². The SMILES string of the molecule is Cc1cc(Oc2ccc(C)c(F)c2)cc(-c2cn(C)c(=O)c3c2cc(C(N)=O)n3C2CCC(O)CC2)c1. The van der Waals surface area contributed by atoms with Crippen LogP contribution in [0.4, 0.5) is 4.39 Å². The summed E-state index contributed by atoms with van der Waals surface area (Å²) in [4.78, 5) is 25.9. The van der Waals surface area contributed by atoms with Crippen LogP contribution in [0.3, 0.4) is 0 Å². The summed E-state index contributed by atoms with van der Waals surface area (Å²) in [6.45, 7) is 3.62. The van der Waals surface area contributed by atoms with E-state index in [4.69, 9.17) is 10.5 Å². The van der Waals surface area contributed by atoms with Gasteiger partial charge in [-0.05, 0) is 80.5 Å². The second kappa shape index (κ2) is 9.52. The zero-order valence-electron chi connectivity index (χ0n) is 21.1. The fourth-order valence-electron chi connectivity index (χ4n) is 5.29. The Bertz CT molecular complexity index is 1580. The van der Waals surface area contributed by atoms with Gasteiger partial charge in [-0.1, -0.05) is 12.1 Å². The molecule has 0 bridgehead atoms. The summed E-state index contributed by atoms with van der Waals surface area (Å²) in [6.07, 6.45) is 3.86. The summed E-state index contributed by atoms with van der Waals surface area (Å²) in [5.41, 5.74) is 9.23. The highest BCUT2D eigenvalue weighted by Crippen LogP contribution is 2.37. The maximum Gasteiger partial charge on any atom is 0.274 e. The van der Waals surface area contributed by atoms with E-state index in [-0.39, 0.29) is 29.2 Å². The van der Waals surface area contributed by atoms with Gasteiger partial charge in [-0.25, -0.2) is 4.39 Å². The summed E-state index contributed by atoms with van der Waals surface area (Å²) in [5.74, 6) is -0.0475. The number of aliphatic hydroxyl groups is 1. The number of aromatic nitrogens is 2. The average molecular weight is 504 g/mol. The van der Waals surface area contributed by atoms with Crippen molar-refractivity contribution in [1.29, 1.82) is 0 Å². The monoisotopic (exact) mass is 503 g/mol. The number of ether oxygens (including phenoxy) is 1. The molecule has 4 aromatic rings. The van der Waals surface area contributed by atoms with Gasteiger partial charge < -0.3 is 24.7 Å². The van der Waals surface area contributed by atoms with Crippen LogP contribution in [0.1, 0.15) is 53.3 Å². The van der Waals surface area contributed by atoms with E-state index < -0.39 is 5.91 Å². The lowest BCUT2D eigenvalue weighted by Gasteiger charge is -2.28. The fourth-order valence-corrected chi connectivity index (χ4v) is 5.29. The first-order valence-electron chi connectivity index (χ1n) is 12.4. The predicted molar refractivity (Wildman–Crippen MR) is 141 cm³/mol. The number of hydrogen-bond acceptors (Lipinski definition) is 4. The van der Waals surface area contributed by atoms with Crippen LogP contribution in [0.15, 0.2) is 53.5 Å². The molecule has 0 radical (unpaired) electrons. The molecule has 192 valence electrons. The number of aliphatic hydroxyl groups excluding tert-OH is 1. The Kier molecular flexibility index (Phi) is 6.37.